The van der Waals surface area contributed by atoms with Crippen molar-refractivity contribution in [1.82, 2.24) is 0 Å². The molecule has 0 spiro atoms. The van der Waals surface area contributed by atoms with Gasteiger partial charge in [-0.2, -0.15) is 0 Å². The summed E-state index contributed by atoms with van der Waals surface area (Å²) in [5.74, 6) is -1.25. The molecule has 2 N–H and O–H groups in total. The van der Waals surface area contributed by atoms with Crippen LogP contribution in [0.15, 0.2) is 0 Å². The van der Waals surface area contributed by atoms with Gasteiger partial charge in [0.25, 0.3) is 0 Å². The first-order valence-electron chi connectivity index (χ1n) is 7.04. The summed E-state index contributed by atoms with van der Waals surface area (Å²) in [6.45, 7) is 6.72. The summed E-state index contributed by atoms with van der Waals surface area (Å²) in [6.07, 6.45) is -0.653. The van der Waals surface area contributed by atoms with Crippen molar-refractivity contribution in [3.63, 3.8) is 0 Å². The van der Waals surface area contributed by atoms with Gasteiger partial charge in [0.1, 0.15) is 18.3 Å². The fourth-order valence-electron chi connectivity index (χ4n) is 1.61. The number of carbonyl (C=O) groups is 2. The molecule has 20 heavy (non-hydrogen) atoms. The first kappa shape index (κ1) is 18.9. The van der Waals surface area contributed by atoms with Crippen LogP contribution in [0.3, 0.4) is 0 Å². The fraction of sp³-hybridized carbons (Fsp3) is 0.857. The Balaban J connectivity index is 4.30. The van der Waals surface area contributed by atoms with Crippen molar-refractivity contribution in [1.29, 1.82) is 0 Å². The molecule has 0 aromatic carbocycles. The van der Waals surface area contributed by atoms with Crippen LogP contribution in [0.5, 0.6) is 0 Å². The maximum absolute atomic E-state index is 11.3. The van der Waals surface area contributed by atoms with E-state index in [-0.39, 0.29) is 18.6 Å². The van der Waals surface area contributed by atoms with E-state index in [1.54, 1.807) is 0 Å². The molecule has 0 saturated heterocycles. The molecule has 4 unspecified atom stereocenters. The molecule has 0 radical (unpaired) electrons. The van der Waals surface area contributed by atoms with Gasteiger partial charge < -0.3 is 19.7 Å². The normalized spacial score (nSPS) is 16.9. The van der Waals surface area contributed by atoms with Crippen LogP contribution in [0.2, 0.25) is 0 Å². The first-order valence-corrected chi connectivity index (χ1v) is 7.04. The maximum Gasteiger partial charge on any atom is 0.334 e. The molecule has 6 heteroatoms. The molecule has 0 aromatic rings. The highest BCUT2D eigenvalue weighted by Crippen LogP contribution is 2.17. The average molecular weight is 290 g/mol. The number of aliphatic hydroxyl groups is 2. The monoisotopic (exact) mass is 290 g/mol. The smallest absolute Gasteiger partial charge is 0.334 e. The number of esters is 2. The summed E-state index contributed by atoms with van der Waals surface area (Å²) in [5, 5.41) is 18.2. The molecule has 4 atom stereocenters. The lowest BCUT2D eigenvalue weighted by Gasteiger charge is -2.22. The van der Waals surface area contributed by atoms with E-state index in [9.17, 15) is 9.59 Å². The Morgan fingerprint density at radius 3 is 1.95 bits per heavy atom. The van der Waals surface area contributed by atoms with E-state index in [1.165, 1.54) is 13.8 Å². The highest BCUT2D eigenvalue weighted by molar-refractivity contribution is 5.74. The molecular weight excluding hydrogens is 264 g/mol. The molecule has 0 aliphatic rings. The number of aliphatic hydroxyl groups excluding tert-OH is 2. The Bertz CT molecular complexity index is 300. The maximum atomic E-state index is 11.3. The molecule has 118 valence electrons. The van der Waals surface area contributed by atoms with Crippen LogP contribution in [-0.4, -0.2) is 47.1 Å². The zero-order valence-electron chi connectivity index (χ0n) is 12.7. The summed E-state index contributed by atoms with van der Waals surface area (Å²) in [7, 11) is 0. The SMILES string of the molecule is CCC(COC(=O)C(C)O)CC(CC)OC(=O)C(C)O. The number of rotatable bonds is 9. The lowest BCUT2D eigenvalue weighted by molar-refractivity contribution is -0.161. The second kappa shape index (κ2) is 9.72. The van der Waals surface area contributed by atoms with Gasteiger partial charge in [-0.05, 0) is 39.0 Å². The molecule has 0 heterocycles. The van der Waals surface area contributed by atoms with E-state index in [2.05, 4.69) is 0 Å². The van der Waals surface area contributed by atoms with Crippen LogP contribution in [-0.2, 0) is 19.1 Å². The Kier molecular flexibility index (Phi) is 9.16. The highest BCUT2D eigenvalue weighted by atomic mass is 16.6. The average Bonchev–Trinajstić information content (AvgIpc) is 2.40. The van der Waals surface area contributed by atoms with Gasteiger partial charge in [0.15, 0.2) is 0 Å². The van der Waals surface area contributed by atoms with E-state index in [4.69, 9.17) is 19.7 Å². The molecule has 0 bridgehead atoms. The van der Waals surface area contributed by atoms with Gasteiger partial charge in [0.05, 0.1) is 6.61 Å². The second-order valence-electron chi connectivity index (χ2n) is 4.96. The van der Waals surface area contributed by atoms with E-state index < -0.39 is 24.1 Å². The zero-order valence-corrected chi connectivity index (χ0v) is 12.7. The zero-order chi connectivity index (χ0) is 15.7. The van der Waals surface area contributed by atoms with Crippen molar-refractivity contribution in [3.05, 3.63) is 0 Å². The Labute approximate surface area is 120 Å². The summed E-state index contributed by atoms with van der Waals surface area (Å²) in [4.78, 5) is 22.5. The molecule has 0 amide bonds. The van der Waals surface area contributed by atoms with E-state index in [0.717, 1.165) is 6.42 Å². The first-order chi connectivity index (χ1) is 9.31. The van der Waals surface area contributed by atoms with Crippen molar-refractivity contribution >= 4 is 11.9 Å². The van der Waals surface area contributed by atoms with Crippen molar-refractivity contribution in [3.8, 4) is 0 Å². The third-order valence-electron chi connectivity index (χ3n) is 3.06. The molecule has 0 saturated carbocycles. The summed E-state index contributed by atoms with van der Waals surface area (Å²) in [6, 6.07) is 0. The van der Waals surface area contributed by atoms with Crippen LogP contribution in [0.25, 0.3) is 0 Å². The van der Waals surface area contributed by atoms with Crippen LogP contribution < -0.4 is 0 Å². The summed E-state index contributed by atoms with van der Waals surface area (Å²) < 4.78 is 10.1. The Morgan fingerprint density at radius 2 is 1.55 bits per heavy atom. The van der Waals surface area contributed by atoms with Gasteiger partial charge in [0.2, 0.25) is 0 Å². The minimum atomic E-state index is -1.14. The van der Waals surface area contributed by atoms with Gasteiger partial charge >= 0.3 is 11.9 Å². The standard InChI is InChI=1S/C14H26O6/c1-5-11(8-19-13(17)9(3)15)7-12(6-2)20-14(18)10(4)16/h9-12,15-16H,5-8H2,1-4H3. The molecule has 0 aromatic heterocycles. The van der Waals surface area contributed by atoms with Gasteiger partial charge in [-0.1, -0.05) is 13.8 Å². The highest BCUT2D eigenvalue weighted by Gasteiger charge is 2.21. The van der Waals surface area contributed by atoms with Gasteiger partial charge in [0, 0.05) is 0 Å². The Morgan fingerprint density at radius 1 is 1.00 bits per heavy atom. The third-order valence-corrected chi connectivity index (χ3v) is 3.06. The van der Waals surface area contributed by atoms with Gasteiger partial charge in [-0.25, -0.2) is 9.59 Å². The quantitative estimate of drug-likeness (QED) is 0.616. The van der Waals surface area contributed by atoms with Crippen LogP contribution in [0.4, 0.5) is 0 Å². The van der Waals surface area contributed by atoms with Crippen molar-refractivity contribution in [2.75, 3.05) is 6.61 Å². The number of hydrogen-bond acceptors (Lipinski definition) is 6. The molecule has 0 rings (SSSR count). The van der Waals surface area contributed by atoms with Crippen molar-refractivity contribution < 1.29 is 29.3 Å². The lowest BCUT2D eigenvalue weighted by atomic mass is 9.98. The van der Waals surface area contributed by atoms with Crippen molar-refractivity contribution in [2.45, 2.75) is 65.3 Å². The van der Waals surface area contributed by atoms with Gasteiger partial charge in [-0.15, -0.1) is 0 Å². The molecular formula is C14H26O6. The summed E-state index contributed by atoms with van der Waals surface area (Å²) >= 11 is 0. The summed E-state index contributed by atoms with van der Waals surface area (Å²) in [5.41, 5.74) is 0. The minimum absolute atomic E-state index is 0.0458. The minimum Gasteiger partial charge on any atom is -0.463 e. The van der Waals surface area contributed by atoms with Crippen LogP contribution in [0, 0.1) is 5.92 Å². The fourth-order valence-corrected chi connectivity index (χ4v) is 1.61. The molecule has 6 nitrogen and oxygen atoms in total. The number of hydrogen-bond donors (Lipinski definition) is 2. The molecule has 0 fully saturated rings. The van der Waals surface area contributed by atoms with E-state index >= 15 is 0 Å². The largest absolute Gasteiger partial charge is 0.463 e. The van der Waals surface area contributed by atoms with Crippen LogP contribution in [0.1, 0.15) is 47.0 Å². The van der Waals surface area contributed by atoms with Crippen LogP contribution >= 0.6 is 0 Å². The molecule has 0 aliphatic carbocycles. The number of carbonyl (C=O) groups excluding carboxylic acids is 2. The second-order valence-corrected chi connectivity index (χ2v) is 4.96. The van der Waals surface area contributed by atoms with Crippen molar-refractivity contribution in [2.24, 2.45) is 5.92 Å². The lowest BCUT2D eigenvalue weighted by Crippen LogP contribution is -2.29. The number of ether oxygens (including phenoxy) is 2. The van der Waals surface area contributed by atoms with Gasteiger partial charge in [-0.3, -0.25) is 0 Å². The topological polar surface area (TPSA) is 93.1 Å². The predicted octanol–water partition coefficient (Wildman–Crippen LogP) is 1.03. The molecule has 0 aliphatic heterocycles. The Hall–Kier alpha value is -1.14. The third kappa shape index (κ3) is 7.45. The van der Waals surface area contributed by atoms with E-state index in [1.807, 2.05) is 13.8 Å². The van der Waals surface area contributed by atoms with E-state index in [0.29, 0.717) is 12.8 Å². The predicted molar refractivity (Wildman–Crippen MR) is 72.9 cm³/mol.